The van der Waals surface area contributed by atoms with E-state index in [9.17, 15) is 23.2 Å². The number of ketones is 1. The van der Waals surface area contributed by atoms with Gasteiger partial charge in [-0.05, 0) is 42.8 Å². The molecule has 2 aromatic carbocycles. The lowest BCUT2D eigenvalue weighted by Gasteiger charge is -2.16. The lowest BCUT2D eigenvalue weighted by atomic mass is 10.1. The van der Waals surface area contributed by atoms with Crippen molar-refractivity contribution in [1.82, 2.24) is 0 Å². The van der Waals surface area contributed by atoms with E-state index in [1.54, 1.807) is 29.2 Å². The number of hydrogen-bond acceptors (Lipinski definition) is 5. The first-order valence-electron chi connectivity index (χ1n) is 8.59. The molecule has 0 aliphatic carbocycles. The molecule has 1 fully saturated rings. The maximum absolute atomic E-state index is 12.3. The average Bonchev–Trinajstić information content (AvgIpc) is 3.12. The monoisotopic (exact) mass is 389 g/mol. The number of esters is 1. The highest BCUT2D eigenvalue weighted by Gasteiger charge is 2.22. The quantitative estimate of drug-likeness (QED) is 0.536. The molecule has 0 spiro atoms. The van der Waals surface area contributed by atoms with E-state index in [4.69, 9.17) is 4.74 Å². The molecule has 3 rings (SSSR count). The van der Waals surface area contributed by atoms with Crippen LogP contribution in [0.1, 0.15) is 33.6 Å². The van der Waals surface area contributed by atoms with Crippen molar-refractivity contribution in [2.45, 2.75) is 19.5 Å². The van der Waals surface area contributed by atoms with Crippen LogP contribution in [0.5, 0.6) is 5.75 Å². The van der Waals surface area contributed by atoms with Crippen molar-refractivity contribution >= 4 is 23.3 Å². The van der Waals surface area contributed by atoms with E-state index in [1.807, 2.05) is 0 Å². The number of hydrogen-bond donors (Lipinski definition) is 0. The number of benzene rings is 2. The number of carbonyl (C=O) groups excluding carboxylic acids is 3. The highest BCUT2D eigenvalue weighted by molar-refractivity contribution is 6.01. The van der Waals surface area contributed by atoms with E-state index in [0.29, 0.717) is 24.2 Å². The zero-order chi connectivity index (χ0) is 20.1. The van der Waals surface area contributed by atoms with E-state index < -0.39 is 25.0 Å². The maximum atomic E-state index is 12.3. The summed E-state index contributed by atoms with van der Waals surface area (Å²) in [4.78, 5) is 37.8. The fraction of sp³-hybridized carbons (Fsp3) is 0.250. The summed E-state index contributed by atoms with van der Waals surface area (Å²) in [5, 5.41) is 0. The number of carbonyl (C=O) groups is 3. The van der Waals surface area contributed by atoms with Crippen LogP contribution in [0.25, 0.3) is 0 Å². The van der Waals surface area contributed by atoms with Gasteiger partial charge in [0.1, 0.15) is 5.75 Å². The third-order valence-electron chi connectivity index (χ3n) is 4.20. The summed E-state index contributed by atoms with van der Waals surface area (Å²) in [6.07, 6.45) is 1.26. The minimum absolute atomic E-state index is 0.00953. The van der Waals surface area contributed by atoms with Crippen LogP contribution in [0.2, 0.25) is 0 Å². The van der Waals surface area contributed by atoms with Gasteiger partial charge in [0.05, 0.1) is 5.56 Å². The van der Waals surface area contributed by atoms with Crippen molar-refractivity contribution in [2.75, 3.05) is 18.1 Å². The predicted octanol–water partition coefficient (Wildman–Crippen LogP) is 3.45. The molecule has 0 atom stereocenters. The second-order valence-corrected chi connectivity index (χ2v) is 6.10. The lowest BCUT2D eigenvalue weighted by molar-refractivity contribution is -0.117. The van der Waals surface area contributed by atoms with E-state index in [2.05, 4.69) is 4.74 Å². The molecule has 0 N–H and O–H groups in total. The van der Waals surface area contributed by atoms with Crippen LogP contribution in [0, 0.1) is 0 Å². The Balaban J connectivity index is 1.59. The van der Waals surface area contributed by atoms with Crippen molar-refractivity contribution in [3.8, 4) is 5.75 Å². The largest absolute Gasteiger partial charge is 0.454 e. The van der Waals surface area contributed by atoms with Crippen molar-refractivity contribution in [3.63, 3.8) is 0 Å². The van der Waals surface area contributed by atoms with Gasteiger partial charge in [0.25, 0.3) is 0 Å². The number of ether oxygens (including phenoxy) is 2. The van der Waals surface area contributed by atoms with E-state index >= 15 is 0 Å². The first kappa shape index (κ1) is 19.5. The molecule has 1 amide bonds. The minimum atomic E-state index is -2.96. The zero-order valence-electron chi connectivity index (χ0n) is 14.8. The van der Waals surface area contributed by atoms with Gasteiger partial charge in [-0.25, -0.2) is 4.79 Å². The standard InChI is InChI=1S/C20H17F2NO5/c21-20(22)28-16-8-6-13(7-9-16)19(26)27-12-17(24)14-3-1-4-15(11-14)23-10-2-5-18(23)25/h1,3-4,6-9,11,20H,2,5,10,12H2. The second kappa shape index (κ2) is 8.60. The normalized spacial score (nSPS) is 13.7. The Labute approximate surface area is 159 Å². The maximum Gasteiger partial charge on any atom is 0.387 e. The fourth-order valence-corrected chi connectivity index (χ4v) is 2.84. The summed E-state index contributed by atoms with van der Waals surface area (Å²) < 4.78 is 33.4. The fourth-order valence-electron chi connectivity index (χ4n) is 2.84. The molecule has 6 nitrogen and oxygen atoms in total. The van der Waals surface area contributed by atoms with Gasteiger partial charge in [-0.3, -0.25) is 9.59 Å². The molecule has 146 valence electrons. The van der Waals surface area contributed by atoms with Crippen LogP contribution in [-0.4, -0.2) is 37.4 Å². The summed E-state index contributed by atoms with van der Waals surface area (Å²) in [5.41, 5.74) is 1.06. The molecule has 0 bridgehead atoms. The Morgan fingerprint density at radius 2 is 1.82 bits per heavy atom. The Kier molecular flexibility index (Phi) is 5.98. The molecular formula is C20H17F2NO5. The third kappa shape index (κ3) is 4.70. The molecule has 0 aromatic heterocycles. The lowest BCUT2D eigenvalue weighted by Crippen LogP contribution is -2.24. The summed E-state index contributed by atoms with van der Waals surface area (Å²) in [7, 11) is 0. The highest BCUT2D eigenvalue weighted by atomic mass is 19.3. The molecule has 28 heavy (non-hydrogen) atoms. The van der Waals surface area contributed by atoms with Gasteiger partial charge in [0.2, 0.25) is 5.91 Å². The molecule has 2 aromatic rings. The summed E-state index contributed by atoms with van der Waals surface area (Å²) >= 11 is 0. The van der Waals surface area contributed by atoms with Gasteiger partial charge in [-0.15, -0.1) is 0 Å². The Hall–Kier alpha value is -3.29. The summed E-state index contributed by atoms with van der Waals surface area (Å²) in [6.45, 7) is -2.83. The van der Waals surface area contributed by atoms with E-state index in [1.165, 1.54) is 24.3 Å². The number of nitrogens with zero attached hydrogens (tertiary/aromatic N) is 1. The first-order chi connectivity index (χ1) is 13.4. The third-order valence-corrected chi connectivity index (χ3v) is 4.20. The number of Topliss-reactive ketones (excluding diaryl/α,β-unsaturated/α-hetero) is 1. The van der Waals surface area contributed by atoms with Crippen LogP contribution in [0.15, 0.2) is 48.5 Å². The van der Waals surface area contributed by atoms with Crippen molar-refractivity contribution in [2.24, 2.45) is 0 Å². The van der Waals surface area contributed by atoms with Crippen molar-refractivity contribution in [3.05, 3.63) is 59.7 Å². The van der Waals surface area contributed by atoms with E-state index in [0.717, 1.165) is 6.42 Å². The highest BCUT2D eigenvalue weighted by Crippen LogP contribution is 2.22. The van der Waals surface area contributed by atoms with Crippen molar-refractivity contribution < 1.29 is 32.6 Å². The van der Waals surface area contributed by atoms with Crippen LogP contribution in [0.3, 0.4) is 0 Å². The van der Waals surface area contributed by atoms with Gasteiger partial charge in [-0.1, -0.05) is 12.1 Å². The zero-order valence-corrected chi connectivity index (χ0v) is 14.8. The Morgan fingerprint density at radius 3 is 2.46 bits per heavy atom. The number of alkyl halides is 2. The summed E-state index contributed by atoms with van der Waals surface area (Å²) in [5.74, 6) is -1.26. The van der Waals surface area contributed by atoms with Crippen LogP contribution in [0.4, 0.5) is 14.5 Å². The topological polar surface area (TPSA) is 72.9 Å². The van der Waals surface area contributed by atoms with Crippen LogP contribution >= 0.6 is 0 Å². The van der Waals surface area contributed by atoms with Crippen LogP contribution < -0.4 is 9.64 Å². The molecule has 1 saturated heterocycles. The number of amides is 1. The minimum Gasteiger partial charge on any atom is -0.454 e. The van der Waals surface area contributed by atoms with Gasteiger partial charge in [0.15, 0.2) is 12.4 Å². The molecule has 8 heteroatoms. The first-order valence-corrected chi connectivity index (χ1v) is 8.59. The SMILES string of the molecule is O=C(COC(=O)c1ccc(OC(F)F)cc1)c1cccc(N2CCCC2=O)c1. The molecule has 0 unspecified atom stereocenters. The molecule has 0 saturated carbocycles. The van der Waals surface area contributed by atoms with Crippen LogP contribution in [-0.2, 0) is 9.53 Å². The Bertz CT molecular complexity index is 882. The number of rotatable bonds is 7. The number of anilines is 1. The Morgan fingerprint density at radius 1 is 1.07 bits per heavy atom. The smallest absolute Gasteiger partial charge is 0.387 e. The van der Waals surface area contributed by atoms with Gasteiger partial charge < -0.3 is 14.4 Å². The number of halogens is 2. The molecular weight excluding hydrogens is 372 g/mol. The molecule has 1 aliphatic heterocycles. The average molecular weight is 389 g/mol. The van der Waals surface area contributed by atoms with E-state index in [-0.39, 0.29) is 17.2 Å². The molecule has 1 heterocycles. The van der Waals surface area contributed by atoms with Gasteiger partial charge >= 0.3 is 12.6 Å². The summed E-state index contributed by atoms with van der Waals surface area (Å²) in [6, 6.07) is 11.5. The van der Waals surface area contributed by atoms with Crippen molar-refractivity contribution in [1.29, 1.82) is 0 Å². The predicted molar refractivity (Wildman–Crippen MR) is 95.7 cm³/mol. The molecule has 1 aliphatic rings. The van der Waals surface area contributed by atoms with Gasteiger partial charge in [0, 0.05) is 24.2 Å². The molecule has 0 radical (unpaired) electrons. The van der Waals surface area contributed by atoms with Gasteiger partial charge in [-0.2, -0.15) is 8.78 Å². The second-order valence-electron chi connectivity index (χ2n) is 6.10.